The van der Waals surface area contributed by atoms with Gasteiger partial charge in [-0.15, -0.1) is 0 Å². The fraction of sp³-hybridized carbons (Fsp3) is 0.600. The average molecular weight is 211 g/mol. The molecule has 0 amide bonds. The highest BCUT2D eigenvalue weighted by Gasteiger charge is 2.27. The Hall–Kier alpha value is -1.36. The van der Waals surface area contributed by atoms with E-state index in [2.05, 4.69) is 10.3 Å². The van der Waals surface area contributed by atoms with Gasteiger partial charge in [-0.05, 0) is 20.9 Å². The molecule has 0 spiro atoms. The van der Waals surface area contributed by atoms with Crippen molar-refractivity contribution in [3.63, 3.8) is 0 Å². The number of hydrogen-bond donors (Lipinski definition) is 2. The van der Waals surface area contributed by atoms with E-state index in [4.69, 9.17) is 5.11 Å². The summed E-state index contributed by atoms with van der Waals surface area (Å²) < 4.78 is 1.81. The van der Waals surface area contributed by atoms with Gasteiger partial charge >= 0.3 is 5.97 Å². The minimum atomic E-state index is -0.800. The Morgan fingerprint density at radius 3 is 2.87 bits per heavy atom. The molecule has 1 heterocycles. The lowest BCUT2D eigenvalue weighted by molar-refractivity contribution is -0.147. The van der Waals surface area contributed by atoms with Crippen molar-refractivity contribution in [3.8, 4) is 0 Å². The maximum absolute atomic E-state index is 10.9. The van der Waals surface area contributed by atoms with Crippen molar-refractivity contribution in [2.45, 2.75) is 26.9 Å². The molecule has 0 saturated carbocycles. The number of nitrogens with one attached hydrogen (secondary N) is 1. The molecule has 0 aliphatic rings. The van der Waals surface area contributed by atoms with Crippen LogP contribution < -0.4 is 5.32 Å². The van der Waals surface area contributed by atoms with E-state index in [9.17, 15) is 4.79 Å². The third-order valence-electron chi connectivity index (χ3n) is 2.20. The van der Waals surface area contributed by atoms with Gasteiger partial charge in [-0.3, -0.25) is 4.79 Å². The fourth-order valence-corrected chi connectivity index (χ4v) is 1.29. The van der Waals surface area contributed by atoms with Crippen LogP contribution in [0.4, 0.5) is 0 Å². The van der Waals surface area contributed by atoms with Crippen LogP contribution >= 0.6 is 0 Å². The molecule has 0 atom stereocenters. The van der Waals surface area contributed by atoms with E-state index in [0.717, 1.165) is 5.69 Å². The molecule has 0 aromatic carbocycles. The van der Waals surface area contributed by atoms with Crippen LogP contribution in [0.5, 0.6) is 0 Å². The number of hydrogen-bond acceptors (Lipinski definition) is 3. The average Bonchev–Trinajstić information content (AvgIpc) is 2.52. The third-order valence-corrected chi connectivity index (χ3v) is 2.20. The normalized spacial score (nSPS) is 11.7. The molecule has 0 aliphatic heterocycles. The SMILES string of the molecule is CNCc1cn(CC(C)(C)C(=O)O)cn1. The molecule has 5 nitrogen and oxygen atoms in total. The molecule has 0 fully saturated rings. The van der Waals surface area contributed by atoms with Crippen LogP contribution in [0.25, 0.3) is 0 Å². The lowest BCUT2D eigenvalue weighted by Gasteiger charge is -2.19. The van der Waals surface area contributed by atoms with E-state index in [1.54, 1.807) is 24.7 Å². The van der Waals surface area contributed by atoms with Crippen LogP contribution in [0.2, 0.25) is 0 Å². The highest BCUT2D eigenvalue weighted by molar-refractivity contribution is 5.73. The predicted molar refractivity (Wildman–Crippen MR) is 56.4 cm³/mol. The minimum absolute atomic E-state index is 0.430. The topological polar surface area (TPSA) is 67.2 Å². The van der Waals surface area contributed by atoms with Crippen LogP contribution in [0, 0.1) is 5.41 Å². The lowest BCUT2D eigenvalue weighted by Crippen LogP contribution is -2.28. The molecule has 0 bridgehead atoms. The fourth-order valence-electron chi connectivity index (χ4n) is 1.29. The summed E-state index contributed by atoms with van der Waals surface area (Å²) in [5.41, 5.74) is 0.149. The number of imidazole rings is 1. The van der Waals surface area contributed by atoms with Crippen LogP contribution in [0.1, 0.15) is 19.5 Å². The Morgan fingerprint density at radius 2 is 2.33 bits per heavy atom. The van der Waals surface area contributed by atoms with Gasteiger partial charge in [-0.25, -0.2) is 4.98 Å². The molecule has 84 valence electrons. The molecule has 2 N–H and O–H groups in total. The quantitative estimate of drug-likeness (QED) is 0.753. The van der Waals surface area contributed by atoms with Gasteiger partial charge in [0.2, 0.25) is 0 Å². The van der Waals surface area contributed by atoms with Crippen LogP contribution in [0.3, 0.4) is 0 Å². The molecule has 0 saturated heterocycles. The summed E-state index contributed by atoms with van der Waals surface area (Å²) in [5.74, 6) is -0.800. The Bertz CT molecular complexity index is 344. The Balaban J connectivity index is 2.68. The van der Waals surface area contributed by atoms with Gasteiger partial charge in [0.25, 0.3) is 0 Å². The first-order chi connectivity index (χ1) is 6.95. The second-order valence-electron chi connectivity index (χ2n) is 4.26. The number of aliphatic carboxylic acids is 1. The molecular formula is C10H17N3O2. The van der Waals surface area contributed by atoms with Gasteiger partial charge in [0, 0.05) is 19.3 Å². The van der Waals surface area contributed by atoms with Gasteiger partial charge in [0.05, 0.1) is 17.4 Å². The zero-order chi connectivity index (χ0) is 11.5. The van der Waals surface area contributed by atoms with E-state index in [0.29, 0.717) is 13.1 Å². The van der Waals surface area contributed by atoms with Crippen LogP contribution in [-0.2, 0) is 17.9 Å². The van der Waals surface area contributed by atoms with Crippen molar-refractivity contribution >= 4 is 5.97 Å². The van der Waals surface area contributed by atoms with E-state index < -0.39 is 11.4 Å². The summed E-state index contributed by atoms with van der Waals surface area (Å²) in [6.07, 6.45) is 3.53. The van der Waals surface area contributed by atoms with Crippen molar-refractivity contribution in [2.24, 2.45) is 5.41 Å². The van der Waals surface area contributed by atoms with E-state index in [-0.39, 0.29) is 0 Å². The molecule has 0 aliphatic carbocycles. The second kappa shape index (κ2) is 4.44. The second-order valence-corrected chi connectivity index (χ2v) is 4.26. The first-order valence-electron chi connectivity index (χ1n) is 4.84. The van der Waals surface area contributed by atoms with E-state index in [1.165, 1.54) is 0 Å². The minimum Gasteiger partial charge on any atom is -0.481 e. The molecule has 5 heteroatoms. The lowest BCUT2D eigenvalue weighted by atomic mass is 9.94. The third kappa shape index (κ3) is 3.06. The largest absolute Gasteiger partial charge is 0.481 e. The summed E-state index contributed by atoms with van der Waals surface area (Å²) >= 11 is 0. The molecule has 1 aromatic rings. The maximum atomic E-state index is 10.9. The number of nitrogens with zero attached hydrogens (tertiary/aromatic N) is 2. The highest BCUT2D eigenvalue weighted by Crippen LogP contribution is 2.18. The highest BCUT2D eigenvalue weighted by atomic mass is 16.4. The summed E-state index contributed by atoms with van der Waals surface area (Å²) in [5, 5.41) is 12.0. The summed E-state index contributed by atoms with van der Waals surface area (Å²) in [6, 6.07) is 0. The number of carboxylic acid groups (broad SMARTS) is 1. The Labute approximate surface area is 89.1 Å². The summed E-state index contributed by atoms with van der Waals surface area (Å²) in [6.45, 7) is 4.53. The predicted octanol–water partition coefficient (Wildman–Crippen LogP) is 0.713. The van der Waals surface area contributed by atoms with Crippen molar-refractivity contribution in [2.75, 3.05) is 7.05 Å². The van der Waals surface area contributed by atoms with Gasteiger partial charge < -0.3 is 15.0 Å². The van der Waals surface area contributed by atoms with Crippen LogP contribution in [0.15, 0.2) is 12.5 Å². The molecular weight excluding hydrogens is 194 g/mol. The summed E-state index contributed by atoms with van der Waals surface area (Å²) in [4.78, 5) is 15.1. The van der Waals surface area contributed by atoms with Crippen molar-refractivity contribution in [1.29, 1.82) is 0 Å². The number of rotatable bonds is 5. The van der Waals surface area contributed by atoms with Gasteiger partial charge in [0.1, 0.15) is 0 Å². The Morgan fingerprint density at radius 1 is 1.67 bits per heavy atom. The number of carboxylic acids is 1. The van der Waals surface area contributed by atoms with Crippen molar-refractivity contribution in [3.05, 3.63) is 18.2 Å². The molecule has 1 rings (SSSR count). The smallest absolute Gasteiger partial charge is 0.310 e. The van der Waals surface area contributed by atoms with Gasteiger partial charge in [-0.2, -0.15) is 0 Å². The monoisotopic (exact) mass is 211 g/mol. The van der Waals surface area contributed by atoms with Crippen LogP contribution in [-0.4, -0.2) is 27.7 Å². The summed E-state index contributed by atoms with van der Waals surface area (Å²) in [7, 11) is 1.85. The molecule has 0 radical (unpaired) electrons. The van der Waals surface area contributed by atoms with Crippen molar-refractivity contribution in [1.82, 2.24) is 14.9 Å². The molecule has 1 aromatic heterocycles. The first-order valence-corrected chi connectivity index (χ1v) is 4.84. The first kappa shape index (κ1) is 11.7. The van der Waals surface area contributed by atoms with Gasteiger partial charge in [-0.1, -0.05) is 0 Å². The maximum Gasteiger partial charge on any atom is 0.310 e. The zero-order valence-electron chi connectivity index (χ0n) is 9.32. The zero-order valence-corrected chi connectivity index (χ0v) is 9.32. The number of aromatic nitrogens is 2. The van der Waals surface area contributed by atoms with E-state index in [1.807, 2.05) is 13.2 Å². The molecule has 0 unspecified atom stereocenters. The Kier molecular flexibility index (Phi) is 3.47. The van der Waals surface area contributed by atoms with Gasteiger partial charge in [0.15, 0.2) is 0 Å². The van der Waals surface area contributed by atoms with Crippen molar-refractivity contribution < 1.29 is 9.90 Å². The standard InChI is InChI=1S/C10H17N3O2/c1-10(2,9(14)15)6-13-5-8(4-11-3)12-7-13/h5,7,11H,4,6H2,1-3H3,(H,14,15). The molecule has 15 heavy (non-hydrogen) atoms. The number of carbonyl (C=O) groups is 1. The van der Waals surface area contributed by atoms with E-state index >= 15 is 0 Å².